The lowest BCUT2D eigenvalue weighted by Gasteiger charge is -2.30. The van der Waals surface area contributed by atoms with Gasteiger partial charge in [-0.25, -0.2) is 12.7 Å². The fourth-order valence-electron chi connectivity index (χ4n) is 2.40. The van der Waals surface area contributed by atoms with Crippen molar-refractivity contribution in [1.82, 2.24) is 9.62 Å². The Morgan fingerprint density at radius 3 is 2.55 bits per heavy atom. The number of sulfonamides is 1. The molecule has 1 saturated heterocycles. The predicted molar refractivity (Wildman–Crippen MR) is 85.2 cm³/mol. The standard InChI is InChI=1S/C14H21BrN2O2S/c1-11-3-4-12(9-14(11)15)10-16-13-5-7-17(8-6-13)20(2,18)19/h3-4,9,13,16H,5-8,10H2,1-2H3. The van der Waals surface area contributed by atoms with Crippen LogP contribution in [0.3, 0.4) is 0 Å². The molecule has 1 aromatic rings. The Bertz CT molecular complexity index is 567. The molecule has 0 saturated carbocycles. The van der Waals surface area contributed by atoms with Crippen LogP contribution >= 0.6 is 15.9 Å². The molecule has 1 N–H and O–H groups in total. The second kappa shape index (κ2) is 6.56. The summed E-state index contributed by atoms with van der Waals surface area (Å²) in [6, 6.07) is 6.76. The zero-order chi connectivity index (χ0) is 14.8. The van der Waals surface area contributed by atoms with Crippen molar-refractivity contribution in [2.45, 2.75) is 32.4 Å². The van der Waals surface area contributed by atoms with Crippen molar-refractivity contribution in [3.05, 3.63) is 33.8 Å². The summed E-state index contributed by atoms with van der Waals surface area (Å²) in [5.74, 6) is 0. The van der Waals surface area contributed by atoms with Crippen LogP contribution in [0.2, 0.25) is 0 Å². The normalized spacial score (nSPS) is 18.4. The molecule has 1 aliphatic rings. The average Bonchev–Trinajstić information content (AvgIpc) is 2.40. The minimum atomic E-state index is -3.03. The van der Waals surface area contributed by atoms with E-state index in [0.29, 0.717) is 19.1 Å². The molecule has 1 fully saturated rings. The van der Waals surface area contributed by atoms with E-state index in [9.17, 15) is 8.42 Å². The summed E-state index contributed by atoms with van der Waals surface area (Å²) in [5, 5.41) is 3.51. The third-order valence-electron chi connectivity index (χ3n) is 3.75. The summed E-state index contributed by atoms with van der Waals surface area (Å²) in [6.45, 7) is 4.13. The van der Waals surface area contributed by atoms with E-state index >= 15 is 0 Å². The van der Waals surface area contributed by atoms with Crippen LogP contribution in [0.1, 0.15) is 24.0 Å². The van der Waals surface area contributed by atoms with Crippen molar-refractivity contribution in [2.24, 2.45) is 0 Å². The number of hydrogen-bond acceptors (Lipinski definition) is 3. The highest BCUT2D eigenvalue weighted by Crippen LogP contribution is 2.18. The van der Waals surface area contributed by atoms with Crippen LogP contribution in [0.25, 0.3) is 0 Å². The molecule has 112 valence electrons. The number of hydrogen-bond donors (Lipinski definition) is 1. The summed E-state index contributed by atoms with van der Waals surface area (Å²) in [6.07, 6.45) is 3.03. The molecule has 0 aromatic heterocycles. The molecule has 1 heterocycles. The van der Waals surface area contributed by atoms with Gasteiger partial charge in [-0.2, -0.15) is 0 Å². The van der Waals surface area contributed by atoms with Crippen molar-refractivity contribution in [1.29, 1.82) is 0 Å². The molecule has 6 heteroatoms. The van der Waals surface area contributed by atoms with Gasteiger partial charge < -0.3 is 5.32 Å². The van der Waals surface area contributed by atoms with E-state index in [-0.39, 0.29) is 0 Å². The fourth-order valence-corrected chi connectivity index (χ4v) is 3.70. The Hall–Kier alpha value is -0.430. The number of rotatable bonds is 4. The van der Waals surface area contributed by atoms with Gasteiger partial charge in [0.15, 0.2) is 0 Å². The maximum atomic E-state index is 11.4. The summed E-state index contributed by atoms with van der Waals surface area (Å²) in [4.78, 5) is 0. The Balaban J connectivity index is 1.83. The molecular weight excluding hydrogens is 340 g/mol. The molecule has 0 bridgehead atoms. The quantitative estimate of drug-likeness (QED) is 0.895. The summed E-state index contributed by atoms with van der Waals surface area (Å²) < 4.78 is 25.6. The highest BCUT2D eigenvalue weighted by atomic mass is 79.9. The number of nitrogens with zero attached hydrogens (tertiary/aromatic N) is 1. The first kappa shape index (κ1) is 15.9. The monoisotopic (exact) mass is 360 g/mol. The van der Waals surface area contributed by atoms with Gasteiger partial charge in [-0.1, -0.05) is 28.1 Å². The largest absolute Gasteiger partial charge is 0.310 e. The molecule has 0 unspecified atom stereocenters. The molecule has 0 atom stereocenters. The van der Waals surface area contributed by atoms with E-state index < -0.39 is 10.0 Å². The van der Waals surface area contributed by atoms with Gasteiger partial charge >= 0.3 is 0 Å². The molecule has 0 aliphatic carbocycles. The molecule has 0 amide bonds. The predicted octanol–water partition coefficient (Wildman–Crippen LogP) is 2.27. The van der Waals surface area contributed by atoms with Crippen LogP contribution in [0.4, 0.5) is 0 Å². The molecule has 2 rings (SSSR count). The zero-order valence-corrected chi connectivity index (χ0v) is 14.3. The van der Waals surface area contributed by atoms with Gasteiger partial charge in [-0.05, 0) is 37.0 Å². The first-order valence-corrected chi connectivity index (χ1v) is 9.44. The lowest BCUT2D eigenvalue weighted by Crippen LogP contribution is -2.44. The molecular formula is C14H21BrN2O2S. The highest BCUT2D eigenvalue weighted by Gasteiger charge is 2.24. The highest BCUT2D eigenvalue weighted by molar-refractivity contribution is 9.10. The number of piperidine rings is 1. The second-order valence-electron chi connectivity index (χ2n) is 5.40. The second-order valence-corrected chi connectivity index (χ2v) is 8.24. The first-order valence-electron chi connectivity index (χ1n) is 6.80. The van der Waals surface area contributed by atoms with Crippen molar-refractivity contribution in [3.8, 4) is 0 Å². The molecule has 1 aromatic carbocycles. The molecule has 1 aliphatic heterocycles. The Labute approximate surface area is 129 Å². The van der Waals surface area contributed by atoms with E-state index in [1.54, 1.807) is 4.31 Å². The van der Waals surface area contributed by atoms with Gasteiger partial charge in [0.25, 0.3) is 0 Å². The summed E-state index contributed by atoms with van der Waals surface area (Å²) >= 11 is 3.54. The van der Waals surface area contributed by atoms with Crippen molar-refractivity contribution in [2.75, 3.05) is 19.3 Å². The Morgan fingerprint density at radius 1 is 1.35 bits per heavy atom. The first-order chi connectivity index (χ1) is 9.36. The van der Waals surface area contributed by atoms with Gasteiger partial charge in [0.05, 0.1) is 6.26 Å². The number of halogens is 1. The van der Waals surface area contributed by atoms with Crippen LogP contribution in [0.15, 0.2) is 22.7 Å². The molecule has 0 spiro atoms. The van der Waals surface area contributed by atoms with E-state index in [4.69, 9.17) is 0 Å². The lowest BCUT2D eigenvalue weighted by molar-refractivity contribution is 0.290. The third-order valence-corrected chi connectivity index (χ3v) is 5.91. The van der Waals surface area contributed by atoms with Crippen molar-refractivity contribution >= 4 is 26.0 Å². The van der Waals surface area contributed by atoms with Gasteiger partial charge in [0.1, 0.15) is 0 Å². The smallest absolute Gasteiger partial charge is 0.211 e. The van der Waals surface area contributed by atoms with E-state index in [1.165, 1.54) is 17.4 Å². The summed E-state index contributed by atoms with van der Waals surface area (Å²) in [5.41, 5.74) is 2.48. The third kappa shape index (κ3) is 4.28. The SMILES string of the molecule is Cc1ccc(CNC2CCN(S(C)(=O)=O)CC2)cc1Br. The van der Waals surface area contributed by atoms with Gasteiger partial charge in [-0.3, -0.25) is 0 Å². The fraction of sp³-hybridized carbons (Fsp3) is 0.571. The van der Waals surface area contributed by atoms with Crippen LogP contribution in [0, 0.1) is 6.92 Å². The number of benzene rings is 1. The van der Waals surface area contributed by atoms with Crippen molar-refractivity contribution in [3.63, 3.8) is 0 Å². The van der Waals surface area contributed by atoms with Gasteiger partial charge in [-0.15, -0.1) is 0 Å². The molecule has 0 radical (unpaired) electrons. The maximum absolute atomic E-state index is 11.4. The average molecular weight is 361 g/mol. The number of aryl methyl sites for hydroxylation is 1. The number of nitrogens with one attached hydrogen (secondary N) is 1. The Kier molecular flexibility index (Phi) is 5.23. The van der Waals surface area contributed by atoms with Crippen LogP contribution < -0.4 is 5.32 Å². The maximum Gasteiger partial charge on any atom is 0.211 e. The lowest BCUT2D eigenvalue weighted by atomic mass is 10.1. The van der Waals surface area contributed by atoms with E-state index in [0.717, 1.165) is 23.9 Å². The van der Waals surface area contributed by atoms with Crippen molar-refractivity contribution < 1.29 is 8.42 Å². The molecule has 4 nitrogen and oxygen atoms in total. The Morgan fingerprint density at radius 2 is 2.00 bits per heavy atom. The molecule has 20 heavy (non-hydrogen) atoms. The minimum Gasteiger partial charge on any atom is -0.310 e. The topological polar surface area (TPSA) is 49.4 Å². The van der Waals surface area contributed by atoms with E-state index in [1.807, 2.05) is 0 Å². The minimum absolute atomic E-state index is 0.396. The van der Waals surface area contributed by atoms with Gasteiger partial charge in [0, 0.05) is 30.1 Å². The van der Waals surface area contributed by atoms with E-state index in [2.05, 4.69) is 46.4 Å². The van der Waals surface area contributed by atoms with Crippen LogP contribution in [-0.2, 0) is 16.6 Å². The van der Waals surface area contributed by atoms with Crippen LogP contribution in [0.5, 0.6) is 0 Å². The zero-order valence-electron chi connectivity index (χ0n) is 11.9. The van der Waals surface area contributed by atoms with Gasteiger partial charge in [0.2, 0.25) is 10.0 Å². The summed E-state index contributed by atoms with van der Waals surface area (Å²) in [7, 11) is -3.03. The van der Waals surface area contributed by atoms with Crippen LogP contribution in [-0.4, -0.2) is 38.1 Å².